The van der Waals surface area contributed by atoms with Gasteiger partial charge in [-0.3, -0.25) is 4.79 Å². The number of carbonyl (C=O) groups excluding carboxylic acids is 2. The van der Waals surface area contributed by atoms with Gasteiger partial charge in [-0.2, -0.15) is 13.2 Å². The molecule has 1 atom stereocenters. The number of ether oxygens (including phenoxy) is 1. The summed E-state index contributed by atoms with van der Waals surface area (Å²) >= 11 is 0. The summed E-state index contributed by atoms with van der Waals surface area (Å²) in [5.41, 5.74) is -0.371. The molecule has 0 bridgehead atoms. The van der Waals surface area contributed by atoms with Crippen molar-refractivity contribution in [3.05, 3.63) is 77.9 Å². The third-order valence-electron chi connectivity index (χ3n) is 4.15. The third kappa shape index (κ3) is 4.31. The van der Waals surface area contributed by atoms with Gasteiger partial charge in [0.2, 0.25) is 0 Å². The molecule has 0 heterocycles. The Labute approximate surface area is 158 Å². The molecular weight excluding hydrogens is 371 g/mol. The number of alkyl halides is 3. The molecule has 4 nitrogen and oxygen atoms in total. The van der Waals surface area contributed by atoms with Crippen molar-refractivity contribution >= 4 is 28.3 Å². The number of anilines is 1. The molecule has 0 aliphatic heterocycles. The first kappa shape index (κ1) is 19.4. The number of fused-ring (bicyclic) bond motifs is 1. The fourth-order valence-corrected chi connectivity index (χ4v) is 2.65. The Kier molecular flexibility index (Phi) is 5.35. The molecule has 144 valence electrons. The highest BCUT2D eigenvalue weighted by Gasteiger charge is 2.30. The minimum absolute atomic E-state index is 0.0715. The number of esters is 1. The summed E-state index contributed by atoms with van der Waals surface area (Å²) < 4.78 is 42.8. The third-order valence-corrected chi connectivity index (χ3v) is 4.15. The number of benzene rings is 3. The van der Waals surface area contributed by atoms with E-state index in [1.165, 1.54) is 6.92 Å². The van der Waals surface area contributed by atoms with Gasteiger partial charge in [0, 0.05) is 11.1 Å². The first-order valence-electron chi connectivity index (χ1n) is 8.42. The molecule has 3 rings (SSSR count). The minimum Gasteiger partial charge on any atom is -0.449 e. The van der Waals surface area contributed by atoms with E-state index in [0.717, 1.165) is 35.0 Å². The number of hydrogen-bond donors (Lipinski definition) is 1. The second-order valence-electron chi connectivity index (χ2n) is 6.14. The van der Waals surface area contributed by atoms with Crippen molar-refractivity contribution in [3.63, 3.8) is 0 Å². The Morgan fingerprint density at radius 1 is 0.929 bits per heavy atom. The molecule has 3 aromatic rings. The maximum atomic E-state index is 12.6. The Balaban J connectivity index is 1.67. The van der Waals surface area contributed by atoms with Crippen molar-refractivity contribution in [2.45, 2.75) is 19.2 Å². The Morgan fingerprint density at radius 3 is 2.25 bits per heavy atom. The van der Waals surface area contributed by atoms with E-state index < -0.39 is 29.7 Å². The van der Waals surface area contributed by atoms with E-state index in [1.54, 1.807) is 12.1 Å². The number of rotatable bonds is 4. The van der Waals surface area contributed by atoms with Crippen LogP contribution in [0.3, 0.4) is 0 Å². The van der Waals surface area contributed by atoms with E-state index in [9.17, 15) is 22.8 Å². The van der Waals surface area contributed by atoms with Crippen LogP contribution in [0.15, 0.2) is 66.7 Å². The Morgan fingerprint density at radius 2 is 1.57 bits per heavy atom. The number of carbonyl (C=O) groups is 2. The zero-order valence-electron chi connectivity index (χ0n) is 14.8. The van der Waals surface area contributed by atoms with Gasteiger partial charge in [-0.25, -0.2) is 4.79 Å². The van der Waals surface area contributed by atoms with Crippen LogP contribution in [0.2, 0.25) is 0 Å². The monoisotopic (exact) mass is 387 g/mol. The molecule has 0 unspecified atom stereocenters. The minimum atomic E-state index is -4.49. The lowest BCUT2D eigenvalue weighted by Gasteiger charge is -2.15. The number of nitrogens with one attached hydrogen (secondary N) is 1. The molecule has 0 spiro atoms. The first-order chi connectivity index (χ1) is 13.3. The average molecular weight is 387 g/mol. The Hall–Kier alpha value is -3.35. The van der Waals surface area contributed by atoms with Crippen molar-refractivity contribution in [2.24, 2.45) is 0 Å². The molecule has 0 saturated carbocycles. The van der Waals surface area contributed by atoms with Crippen LogP contribution in [0.25, 0.3) is 10.8 Å². The number of amides is 1. The maximum Gasteiger partial charge on any atom is 0.416 e. The van der Waals surface area contributed by atoms with E-state index in [-0.39, 0.29) is 5.56 Å². The zero-order chi connectivity index (χ0) is 20.3. The Bertz CT molecular complexity index is 1010. The van der Waals surface area contributed by atoms with E-state index in [4.69, 9.17) is 4.74 Å². The summed E-state index contributed by atoms with van der Waals surface area (Å²) in [7, 11) is 0. The normalized spacial score (nSPS) is 12.4. The predicted octanol–water partition coefficient (Wildman–Crippen LogP) is 5.04. The highest BCUT2D eigenvalue weighted by Crippen LogP contribution is 2.29. The molecule has 0 aliphatic rings. The summed E-state index contributed by atoms with van der Waals surface area (Å²) in [6.45, 7) is 1.39. The van der Waals surface area contributed by atoms with Crippen LogP contribution in [0.1, 0.15) is 22.8 Å². The van der Waals surface area contributed by atoms with Gasteiger partial charge in [-0.15, -0.1) is 0 Å². The van der Waals surface area contributed by atoms with Crippen LogP contribution in [0.5, 0.6) is 0 Å². The topological polar surface area (TPSA) is 55.4 Å². The van der Waals surface area contributed by atoms with Crippen molar-refractivity contribution in [1.82, 2.24) is 0 Å². The molecule has 0 radical (unpaired) electrons. The van der Waals surface area contributed by atoms with Gasteiger partial charge < -0.3 is 10.1 Å². The van der Waals surface area contributed by atoms with Crippen LogP contribution >= 0.6 is 0 Å². The quantitative estimate of drug-likeness (QED) is 0.638. The summed E-state index contributed by atoms with van der Waals surface area (Å²) in [6, 6.07) is 16.5. The molecule has 0 saturated heterocycles. The van der Waals surface area contributed by atoms with Gasteiger partial charge in [-0.1, -0.05) is 36.4 Å². The summed E-state index contributed by atoms with van der Waals surface area (Å²) in [4.78, 5) is 24.5. The standard InChI is InChI=1S/C21H16F3NO3/c1-13(28-20(27)15-9-11-16(12-10-15)21(22,23)24)19(26)25-18-8-4-6-14-5-2-3-7-17(14)18/h2-13H,1H3,(H,25,26)/t13-/m1/s1. The van der Waals surface area contributed by atoms with Crippen LogP contribution < -0.4 is 5.32 Å². The molecule has 28 heavy (non-hydrogen) atoms. The molecular formula is C21H16F3NO3. The summed E-state index contributed by atoms with van der Waals surface area (Å²) in [6.07, 6.45) is -5.62. The van der Waals surface area contributed by atoms with Crippen molar-refractivity contribution in [3.8, 4) is 0 Å². The lowest BCUT2D eigenvalue weighted by molar-refractivity contribution is -0.137. The van der Waals surface area contributed by atoms with Gasteiger partial charge in [0.15, 0.2) is 6.10 Å². The zero-order valence-corrected chi connectivity index (χ0v) is 14.8. The SMILES string of the molecule is C[C@@H](OC(=O)c1ccc(C(F)(F)F)cc1)C(=O)Nc1cccc2ccccc12. The highest BCUT2D eigenvalue weighted by molar-refractivity contribution is 6.04. The van der Waals surface area contributed by atoms with E-state index >= 15 is 0 Å². The van der Waals surface area contributed by atoms with Gasteiger partial charge in [0.25, 0.3) is 5.91 Å². The molecule has 0 aromatic heterocycles. The summed E-state index contributed by atoms with van der Waals surface area (Å²) in [5.74, 6) is -1.43. The maximum absolute atomic E-state index is 12.6. The largest absolute Gasteiger partial charge is 0.449 e. The van der Waals surface area contributed by atoms with Crippen molar-refractivity contribution in [1.29, 1.82) is 0 Å². The smallest absolute Gasteiger partial charge is 0.416 e. The van der Waals surface area contributed by atoms with Crippen LogP contribution in [0, 0.1) is 0 Å². The fourth-order valence-electron chi connectivity index (χ4n) is 2.65. The van der Waals surface area contributed by atoms with E-state index in [0.29, 0.717) is 5.69 Å². The predicted molar refractivity (Wildman–Crippen MR) is 98.9 cm³/mol. The molecule has 1 N–H and O–H groups in total. The van der Waals surface area contributed by atoms with Crippen LogP contribution in [0.4, 0.5) is 18.9 Å². The van der Waals surface area contributed by atoms with Gasteiger partial charge in [0.1, 0.15) is 0 Å². The average Bonchev–Trinajstić information content (AvgIpc) is 2.67. The van der Waals surface area contributed by atoms with E-state index in [1.807, 2.05) is 30.3 Å². The molecule has 0 fully saturated rings. The molecule has 7 heteroatoms. The highest BCUT2D eigenvalue weighted by atomic mass is 19.4. The van der Waals surface area contributed by atoms with Crippen LogP contribution in [-0.2, 0) is 15.7 Å². The number of hydrogen-bond acceptors (Lipinski definition) is 3. The fraction of sp³-hybridized carbons (Fsp3) is 0.143. The first-order valence-corrected chi connectivity index (χ1v) is 8.42. The van der Waals surface area contributed by atoms with Gasteiger partial charge in [-0.05, 0) is 42.6 Å². The molecule has 0 aliphatic carbocycles. The number of halogens is 3. The van der Waals surface area contributed by atoms with Crippen molar-refractivity contribution in [2.75, 3.05) is 5.32 Å². The lowest BCUT2D eigenvalue weighted by atomic mass is 10.1. The van der Waals surface area contributed by atoms with E-state index in [2.05, 4.69) is 5.32 Å². The van der Waals surface area contributed by atoms with Crippen LogP contribution in [-0.4, -0.2) is 18.0 Å². The molecule has 3 aromatic carbocycles. The summed E-state index contributed by atoms with van der Waals surface area (Å²) in [5, 5.41) is 4.48. The van der Waals surface area contributed by atoms with Gasteiger partial charge in [0.05, 0.1) is 11.1 Å². The second-order valence-corrected chi connectivity index (χ2v) is 6.14. The van der Waals surface area contributed by atoms with Gasteiger partial charge >= 0.3 is 12.1 Å². The second kappa shape index (κ2) is 7.72. The molecule has 1 amide bonds. The van der Waals surface area contributed by atoms with Crippen molar-refractivity contribution < 1.29 is 27.5 Å². The lowest BCUT2D eigenvalue weighted by Crippen LogP contribution is -2.30.